The van der Waals surface area contributed by atoms with Gasteiger partial charge in [0, 0.05) is 11.5 Å². The van der Waals surface area contributed by atoms with E-state index < -0.39 is 5.82 Å². The number of ether oxygens (including phenoxy) is 1. The topological polar surface area (TPSA) is 71.7 Å². The highest BCUT2D eigenvalue weighted by Crippen LogP contribution is 2.42. The molecule has 2 N–H and O–H groups in total. The summed E-state index contributed by atoms with van der Waals surface area (Å²) < 4.78 is 22.3. The van der Waals surface area contributed by atoms with Gasteiger partial charge >= 0.3 is 0 Å². The lowest BCUT2D eigenvalue weighted by atomic mass is 9.97. The average Bonchev–Trinajstić information content (AvgIpc) is 2.60. The monoisotopic (exact) mass is 341 g/mol. The van der Waals surface area contributed by atoms with Gasteiger partial charge in [-0.25, -0.2) is 4.39 Å². The maximum Gasteiger partial charge on any atom is 0.251 e. The predicted octanol–water partition coefficient (Wildman–Crippen LogP) is 2.96. The minimum atomic E-state index is -0.511. The van der Waals surface area contributed by atoms with Crippen LogP contribution < -0.4 is 10.3 Å². The van der Waals surface area contributed by atoms with E-state index >= 15 is 0 Å². The van der Waals surface area contributed by atoms with Crippen molar-refractivity contribution in [3.63, 3.8) is 0 Å². The zero-order valence-electron chi connectivity index (χ0n) is 13.5. The van der Waals surface area contributed by atoms with Gasteiger partial charge in [0.2, 0.25) is 0 Å². The summed E-state index contributed by atoms with van der Waals surface area (Å²) in [4.78, 5) is 12.5. The van der Waals surface area contributed by atoms with Gasteiger partial charge in [-0.05, 0) is 36.2 Å². The van der Waals surface area contributed by atoms with Crippen LogP contribution in [0.25, 0.3) is 22.0 Å². The van der Waals surface area contributed by atoms with Gasteiger partial charge in [0.15, 0.2) is 5.75 Å². The van der Waals surface area contributed by atoms with Crippen molar-refractivity contribution in [1.29, 1.82) is 0 Å². The van der Waals surface area contributed by atoms with Crippen molar-refractivity contribution < 1.29 is 19.3 Å². The molecule has 0 fully saturated rings. The van der Waals surface area contributed by atoms with Crippen LogP contribution in [0.15, 0.2) is 41.2 Å². The zero-order valence-corrected chi connectivity index (χ0v) is 13.5. The van der Waals surface area contributed by atoms with E-state index in [9.17, 15) is 19.4 Å². The van der Waals surface area contributed by atoms with Gasteiger partial charge in [-0.15, -0.1) is 0 Å². The summed E-state index contributed by atoms with van der Waals surface area (Å²) in [5.74, 6) is -0.151. The van der Waals surface area contributed by atoms with E-state index in [1.165, 1.54) is 24.3 Å². The summed E-state index contributed by atoms with van der Waals surface area (Å²) in [6, 6.07) is 8.58. The van der Waals surface area contributed by atoms with Crippen LogP contribution in [0.4, 0.5) is 4.39 Å². The van der Waals surface area contributed by atoms with E-state index in [1.807, 2.05) is 6.92 Å². The Labute approximate surface area is 142 Å². The molecule has 128 valence electrons. The Balaban J connectivity index is 2.16. The number of pyridine rings is 1. The lowest BCUT2D eigenvalue weighted by Crippen LogP contribution is -2.31. The van der Waals surface area contributed by atoms with Crippen LogP contribution in [0.1, 0.15) is 18.5 Å². The predicted molar refractivity (Wildman–Crippen MR) is 91.4 cm³/mol. The standard InChI is InChI=1S/C19H16FNO4/c1-10-9-25-19-17(11-2-4-13(23)5-3-11)15(20)7-14-12(8-22)6-16(24)21(10)18(14)19/h2-7,10,22-23H,8-9H2,1H3/t10-/m0/s1. The Kier molecular flexibility index (Phi) is 3.51. The molecule has 0 saturated heterocycles. The number of aromatic nitrogens is 1. The van der Waals surface area contributed by atoms with Gasteiger partial charge in [-0.2, -0.15) is 0 Å². The van der Waals surface area contributed by atoms with Gasteiger partial charge in [-0.1, -0.05) is 12.1 Å². The molecular formula is C19H16FNO4. The maximum absolute atomic E-state index is 14.9. The molecule has 0 amide bonds. The zero-order chi connectivity index (χ0) is 17.7. The number of benzene rings is 2. The second kappa shape index (κ2) is 5.60. The van der Waals surface area contributed by atoms with E-state index in [2.05, 4.69) is 0 Å². The van der Waals surface area contributed by atoms with Gasteiger partial charge < -0.3 is 14.9 Å². The lowest BCUT2D eigenvalue weighted by molar-refractivity contribution is 0.244. The van der Waals surface area contributed by atoms with Gasteiger partial charge in [-0.3, -0.25) is 9.36 Å². The molecule has 1 atom stereocenters. The molecule has 1 aliphatic heterocycles. The van der Waals surface area contributed by atoms with Crippen LogP contribution in [-0.2, 0) is 6.61 Å². The average molecular weight is 341 g/mol. The van der Waals surface area contributed by atoms with Crippen molar-refractivity contribution in [3.8, 4) is 22.6 Å². The Morgan fingerprint density at radius 3 is 2.68 bits per heavy atom. The highest BCUT2D eigenvalue weighted by molar-refractivity contribution is 5.95. The SMILES string of the molecule is C[C@H]1COc2c(-c3ccc(O)cc3)c(F)cc3c(CO)cc(=O)n1c23. The number of hydrogen-bond acceptors (Lipinski definition) is 4. The Morgan fingerprint density at radius 2 is 2.00 bits per heavy atom. The van der Waals surface area contributed by atoms with Crippen molar-refractivity contribution in [3.05, 3.63) is 58.1 Å². The molecule has 0 aliphatic carbocycles. The molecule has 0 saturated carbocycles. The third-order valence-corrected chi connectivity index (χ3v) is 4.57. The summed E-state index contributed by atoms with van der Waals surface area (Å²) in [5, 5.41) is 19.5. The first-order valence-electron chi connectivity index (χ1n) is 7.95. The molecule has 0 unspecified atom stereocenters. The fourth-order valence-corrected chi connectivity index (χ4v) is 3.39. The van der Waals surface area contributed by atoms with Crippen molar-refractivity contribution in [2.45, 2.75) is 19.6 Å². The number of halogens is 1. The number of aliphatic hydroxyl groups excluding tert-OH is 1. The van der Waals surface area contributed by atoms with Gasteiger partial charge in [0.25, 0.3) is 5.56 Å². The molecule has 6 heteroatoms. The fraction of sp³-hybridized carbons (Fsp3) is 0.211. The molecule has 0 bridgehead atoms. The third kappa shape index (κ3) is 2.29. The summed E-state index contributed by atoms with van der Waals surface area (Å²) in [7, 11) is 0. The van der Waals surface area contributed by atoms with Gasteiger partial charge in [0.05, 0.1) is 23.7 Å². The van der Waals surface area contributed by atoms with Crippen molar-refractivity contribution in [2.24, 2.45) is 0 Å². The highest BCUT2D eigenvalue weighted by atomic mass is 19.1. The molecule has 4 rings (SSSR count). The molecule has 1 aromatic heterocycles. The minimum absolute atomic E-state index is 0.0765. The molecule has 2 aromatic carbocycles. The smallest absolute Gasteiger partial charge is 0.251 e. The largest absolute Gasteiger partial charge is 0.508 e. The molecule has 0 radical (unpaired) electrons. The number of phenols is 1. The molecule has 5 nitrogen and oxygen atoms in total. The summed E-state index contributed by atoms with van der Waals surface area (Å²) >= 11 is 0. The van der Waals surface area contributed by atoms with Crippen LogP contribution in [0.2, 0.25) is 0 Å². The lowest BCUT2D eigenvalue weighted by Gasteiger charge is -2.28. The first-order chi connectivity index (χ1) is 12.0. The van der Waals surface area contributed by atoms with Crippen molar-refractivity contribution >= 4 is 10.9 Å². The summed E-state index contributed by atoms with van der Waals surface area (Å²) in [6.07, 6.45) is 0. The number of aliphatic hydroxyl groups is 1. The van der Waals surface area contributed by atoms with Gasteiger partial charge in [0.1, 0.15) is 18.2 Å². The van der Waals surface area contributed by atoms with Crippen molar-refractivity contribution in [1.82, 2.24) is 4.57 Å². The van der Waals surface area contributed by atoms with E-state index in [4.69, 9.17) is 4.74 Å². The molecule has 25 heavy (non-hydrogen) atoms. The van der Waals surface area contributed by atoms with E-state index in [0.717, 1.165) is 0 Å². The third-order valence-electron chi connectivity index (χ3n) is 4.57. The van der Waals surface area contributed by atoms with Crippen LogP contribution >= 0.6 is 0 Å². The van der Waals surface area contributed by atoms with Crippen LogP contribution in [0, 0.1) is 5.82 Å². The molecule has 3 aromatic rings. The van der Waals surface area contributed by atoms with Crippen LogP contribution in [-0.4, -0.2) is 21.4 Å². The van der Waals surface area contributed by atoms with E-state index in [1.54, 1.807) is 16.7 Å². The normalized spacial score (nSPS) is 16.0. The first-order valence-corrected chi connectivity index (χ1v) is 7.95. The number of hydrogen-bond donors (Lipinski definition) is 2. The van der Waals surface area contributed by atoms with Crippen LogP contribution in [0.3, 0.4) is 0 Å². The molecule has 1 aliphatic rings. The number of aromatic hydroxyl groups is 1. The second-order valence-corrected chi connectivity index (χ2v) is 6.20. The Bertz CT molecular complexity index is 1040. The summed E-state index contributed by atoms with van der Waals surface area (Å²) in [5.41, 5.74) is 1.38. The molecular weight excluding hydrogens is 325 g/mol. The maximum atomic E-state index is 14.9. The molecule has 2 heterocycles. The molecule has 0 spiro atoms. The second-order valence-electron chi connectivity index (χ2n) is 6.20. The van der Waals surface area contributed by atoms with Crippen molar-refractivity contribution in [2.75, 3.05) is 6.61 Å². The van der Waals surface area contributed by atoms with E-state index in [-0.39, 0.29) is 41.9 Å². The Hall–Kier alpha value is -2.86. The number of nitrogens with zero attached hydrogens (tertiary/aromatic N) is 1. The first kappa shape index (κ1) is 15.7. The summed E-state index contributed by atoms with van der Waals surface area (Å²) in [6.45, 7) is 1.74. The van der Waals surface area contributed by atoms with Crippen LogP contribution in [0.5, 0.6) is 11.5 Å². The minimum Gasteiger partial charge on any atom is -0.508 e. The number of phenolic OH excluding ortho intramolecular Hbond substituents is 1. The van der Waals surface area contributed by atoms with E-state index in [0.29, 0.717) is 22.0 Å². The quantitative estimate of drug-likeness (QED) is 0.752. The fourth-order valence-electron chi connectivity index (χ4n) is 3.39. The Morgan fingerprint density at radius 1 is 1.28 bits per heavy atom. The highest BCUT2D eigenvalue weighted by Gasteiger charge is 2.27. The number of rotatable bonds is 2.